The van der Waals surface area contributed by atoms with Gasteiger partial charge in [0.15, 0.2) is 0 Å². The Kier molecular flexibility index (Phi) is 3.90. The number of furan rings is 1. The maximum atomic E-state index is 5.70. The Morgan fingerprint density at radius 3 is 2.80 bits per heavy atom. The smallest absolute Gasteiger partial charge is 0.128 e. The first-order chi connectivity index (χ1) is 9.79. The molecule has 1 aromatic heterocycles. The van der Waals surface area contributed by atoms with Crippen molar-refractivity contribution in [3.8, 4) is 0 Å². The first-order valence-electron chi connectivity index (χ1n) is 7.26. The highest BCUT2D eigenvalue weighted by Gasteiger charge is 2.21. The summed E-state index contributed by atoms with van der Waals surface area (Å²) in [6.07, 6.45) is 2.87. The molecule has 3 nitrogen and oxygen atoms in total. The van der Waals surface area contributed by atoms with Crippen molar-refractivity contribution in [2.45, 2.75) is 39.5 Å². The predicted octanol–water partition coefficient (Wildman–Crippen LogP) is 3.71. The molecular weight excluding hydrogens is 250 g/mol. The molecule has 1 aromatic carbocycles. The molecule has 1 atom stereocenters. The molecule has 1 aliphatic heterocycles. The number of benzene rings is 1. The minimum Gasteiger partial charge on any atom is -0.467 e. The Labute approximate surface area is 119 Å². The van der Waals surface area contributed by atoms with Crippen LogP contribution in [0, 0.1) is 6.92 Å². The fraction of sp³-hybridized carbons (Fsp3) is 0.412. The Hall–Kier alpha value is -1.58. The van der Waals surface area contributed by atoms with Crippen LogP contribution in [0.4, 0.5) is 0 Å². The van der Waals surface area contributed by atoms with Gasteiger partial charge in [-0.15, -0.1) is 0 Å². The third-order valence-corrected chi connectivity index (χ3v) is 3.84. The molecule has 3 heteroatoms. The first kappa shape index (κ1) is 13.4. The summed E-state index contributed by atoms with van der Waals surface area (Å²) in [6, 6.07) is 8.75. The number of aryl methyl sites for hydroxylation is 1. The van der Waals surface area contributed by atoms with Crippen molar-refractivity contribution in [3.63, 3.8) is 0 Å². The van der Waals surface area contributed by atoms with Gasteiger partial charge in [0.05, 0.1) is 25.5 Å². The second kappa shape index (κ2) is 5.81. The largest absolute Gasteiger partial charge is 0.467 e. The van der Waals surface area contributed by atoms with E-state index in [1.54, 1.807) is 6.26 Å². The Morgan fingerprint density at radius 2 is 2.05 bits per heavy atom. The summed E-state index contributed by atoms with van der Waals surface area (Å²) < 4.78 is 11.2. The molecule has 0 radical (unpaired) electrons. The van der Waals surface area contributed by atoms with Gasteiger partial charge in [-0.05, 0) is 48.2 Å². The summed E-state index contributed by atoms with van der Waals surface area (Å²) >= 11 is 0. The van der Waals surface area contributed by atoms with Crippen LogP contribution < -0.4 is 5.32 Å². The number of rotatable bonds is 5. The van der Waals surface area contributed by atoms with Crippen molar-refractivity contribution < 1.29 is 9.15 Å². The Morgan fingerprint density at radius 1 is 1.20 bits per heavy atom. The molecule has 106 valence electrons. The van der Waals surface area contributed by atoms with Crippen LogP contribution in [0.1, 0.15) is 47.4 Å². The van der Waals surface area contributed by atoms with Crippen LogP contribution in [0.25, 0.3) is 0 Å². The molecule has 3 rings (SSSR count). The van der Waals surface area contributed by atoms with E-state index in [1.165, 1.54) is 22.3 Å². The zero-order valence-electron chi connectivity index (χ0n) is 12.1. The van der Waals surface area contributed by atoms with Crippen molar-refractivity contribution >= 4 is 0 Å². The third kappa shape index (κ3) is 2.51. The summed E-state index contributed by atoms with van der Waals surface area (Å²) in [4.78, 5) is 0. The number of ether oxygens (including phenoxy) is 1. The summed E-state index contributed by atoms with van der Waals surface area (Å²) in [7, 11) is 0. The van der Waals surface area contributed by atoms with Gasteiger partial charge in [0.2, 0.25) is 0 Å². The summed E-state index contributed by atoms with van der Waals surface area (Å²) in [5.74, 6) is 1.01. The lowest BCUT2D eigenvalue weighted by Crippen LogP contribution is -2.23. The molecule has 0 saturated carbocycles. The van der Waals surface area contributed by atoms with Crippen LogP contribution in [0.5, 0.6) is 0 Å². The second-order valence-corrected chi connectivity index (χ2v) is 5.38. The van der Waals surface area contributed by atoms with E-state index in [2.05, 4.69) is 37.4 Å². The van der Waals surface area contributed by atoms with Crippen LogP contribution in [0.2, 0.25) is 0 Å². The van der Waals surface area contributed by atoms with E-state index in [9.17, 15) is 0 Å². The highest BCUT2D eigenvalue weighted by atomic mass is 16.5. The SMILES string of the molecule is CCCNC(c1ccc2c(c1)COC2)c1occc1C. The van der Waals surface area contributed by atoms with Crippen molar-refractivity contribution in [1.29, 1.82) is 0 Å². The van der Waals surface area contributed by atoms with Crippen LogP contribution in [0.15, 0.2) is 34.9 Å². The lowest BCUT2D eigenvalue weighted by Gasteiger charge is -2.18. The van der Waals surface area contributed by atoms with E-state index in [4.69, 9.17) is 9.15 Å². The number of fused-ring (bicyclic) bond motifs is 1. The van der Waals surface area contributed by atoms with Crippen LogP contribution in [-0.4, -0.2) is 6.54 Å². The molecule has 2 aromatic rings. The minimum absolute atomic E-state index is 0.121. The topological polar surface area (TPSA) is 34.4 Å². The van der Waals surface area contributed by atoms with Gasteiger partial charge in [-0.1, -0.05) is 25.1 Å². The molecular formula is C17H21NO2. The van der Waals surface area contributed by atoms with Crippen LogP contribution in [0.3, 0.4) is 0 Å². The van der Waals surface area contributed by atoms with Crippen LogP contribution in [-0.2, 0) is 18.0 Å². The van der Waals surface area contributed by atoms with Gasteiger partial charge in [-0.3, -0.25) is 0 Å². The molecule has 0 bridgehead atoms. The van der Waals surface area contributed by atoms with E-state index in [1.807, 2.05) is 6.07 Å². The molecule has 1 N–H and O–H groups in total. The van der Waals surface area contributed by atoms with Gasteiger partial charge in [0, 0.05) is 0 Å². The Bertz CT molecular complexity index is 588. The van der Waals surface area contributed by atoms with Gasteiger partial charge >= 0.3 is 0 Å². The normalized spacial score (nSPS) is 15.3. The predicted molar refractivity (Wildman–Crippen MR) is 78.5 cm³/mol. The first-order valence-corrected chi connectivity index (χ1v) is 7.26. The van der Waals surface area contributed by atoms with Gasteiger partial charge in [0.25, 0.3) is 0 Å². The zero-order chi connectivity index (χ0) is 13.9. The van der Waals surface area contributed by atoms with E-state index in [0.29, 0.717) is 0 Å². The number of hydrogen-bond donors (Lipinski definition) is 1. The number of nitrogens with one attached hydrogen (secondary N) is 1. The van der Waals surface area contributed by atoms with Gasteiger partial charge < -0.3 is 14.5 Å². The van der Waals surface area contributed by atoms with E-state index in [0.717, 1.165) is 31.9 Å². The highest BCUT2D eigenvalue weighted by molar-refractivity contribution is 5.38. The maximum Gasteiger partial charge on any atom is 0.128 e. The van der Waals surface area contributed by atoms with E-state index in [-0.39, 0.29) is 6.04 Å². The molecule has 2 heterocycles. The van der Waals surface area contributed by atoms with Crippen molar-refractivity contribution in [3.05, 3.63) is 58.5 Å². The van der Waals surface area contributed by atoms with E-state index >= 15 is 0 Å². The molecule has 1 aliphatic rings. The summed E-state index contributed by atoms with van der Waals surface area (Å²) in [5, 5.41) is 3.59. The monoisotopic (exact) mass is 271 g/mol. The molecule has 0 amide bonds. The fourth-order valence-corrected chi connectivity index (χ4v) is 2.70. The maximum absolute atomic E-state index is 5.70. The van der Waals surface area contributed by atoms with Gasteiger partial charge in [-0.2, -0.15) is 0 Å². The average Bonchev–Trinajstić information content (AvgIpc) is 3.08. The molecule has 0 aliphatic carbocycles. The van der Waals surface area contributed by atoms with Crippen LogP contribution >= 0.6 is 0 Å². The standard InChI is InChI=1S/C17H21NO2/c1-3-7-18-16(17-12(2)6-8-20-17)13-4-5-14-10-19-11-15(14)9-13/h4-6,8-9,16,18H,3,7,10-11H2,1-2H3. The summed E-state index contributed by atoms with van der Waals surface area (Å²) in [5.41, 5.74) is 5.05. The molecule has 0 fully saturated rings. The fourth-order valence-electron chi connectivity index (χ4n) is 2.70. The quantitative estimate of drug-likeness (QED) is 0.900. The second-order valence-electron chi connectivity index (χ2n) is 5.38. The van der Waals surface area contributed by atoms with Gasteiger partial charge in [-0.25, -0.2) is 0 Å². The summed E-state index contributed by atoms with van der Waals surface area (Å²) in [6.45, 7) is 6.70. The lowest BCUT2D eigenvalue weighted by atomic mass is 9.98. The lowest BCUT2D eigenvalue weighted by molar-refractivity contribution is 0.134. The van der Waals surface area contributed by atoms with Crippen molar-refractivity contribution in [2.24, 2.45) is 0 Å². The molecule has 1 unspecified atom stereocenters. The van der Waals surface area contributed by atoms with Crippen molar-refractivity contribution in [2.75, 3.05) is 6.54 Å². The Balaban J connectivity index is 1.94. The van der Waals surface area contributed by atoms with Crippen molar-refractivity contribution in [1.82, 2.24) is 5.32 Å². The zero-order valence-corrected chi connectivity index (χ0v) is 12.1. The molecule has 20 heavy (non-hydrogen) atoms. The highest BCUT2D eigenvalue weighted by Crippen LogP contribution is 2.29. The third-order valence-electron chi connectivity index (χ3n) is 3.84. The molecule has 0 saturated heterocycles. The number of hydrogen-bond acceptors (Lipinski definition) is 3. The minimum atomic E-state index is 0.121. The molecule has 0 spiro atoms. The van der Waals surface area contributed by atoms with E-state index < -0.39 is 0 Å². The average molecular weight is 271 g/mol. The van der Waals surface area contributed by atoms with Gasteiger partial charge in [0.1, 0.15) is 5.76 Å².